The van der Waals surface area contributed by atoms with Crippen molar-refractivity contribution >= 4 is 21.9 Å². The van der Waals surface area contributed by atoms with Crippen molar-refractivity contribution in [2.24, 2.45) is 0 Å². The zero-order valence-corrected chi connectivity index (χ0v) is 9.04. The minimum atomic E-state index is -0.525. The molecular formula is C9H7BrN2O2. The first-order valence-electron chi connectivity index (χ1n) is 3.78. The van der Waals surface area contributed by atoms with Crippen molar-refractivity contribution in [3.8, 4) is 6.07 Å². The fraction of sp³-hybridized carbons (Fsp3) is 0.222. The molecule has 0 radical (unpaired) electrons. The third-order valence-electron chi connectivity index (χ3n) is 1.58. The molecule has 5 heteroatoms. The van der Waals surface area contributed by atoms with Gasteiger partial charge in [0.15, 0.2) is 5.69 Å². The van der Waals surface area contributed by atoms with Crippen molar-refractivity contribution in [2.45, 2.75) is 6.42 Å². The lowest BCUT2D eigenvalue weighted by atomic mass is 10.1. The first kappa shape index (κ1) is 10.7. The molecule has 1 heterocycles. The quantitative estimate of drug-likeness (QED) is 0.754. The normalized spacial score (nSPS) is 9.21. The van der Waals surface area contributed by atoms with E-state index in [1.54, 1.807) is 6.07 Å². The van der Waals surface area contributed by atoms with E-state index >= 15 is 0 Å². The molecule has 14 heavy (non-hydrogen) atoms. The van der Waals surface area contributed by atoms with Crippen molar-refractivity contribution in [3.05, 3.63) is 28.0 Å². The number of nitrogens with zero attached hydrogens (tertiary/aromatic N) is 2. The Morgan fingerprint density at radius 1 is 1.79 bits per heavy atom. The minimum Gasteiger partial charge on any atom is -0.464 e. The van der Waals surface area contributed by atoms with Crippen LogP contribution in [0, 0.1) is 11.3 Å². The molecule has 0 aliphatic rings. The topological polar surface area (TPSA) is 63.0 Å². The number of halogens is 1. The largest absolute Gasteiger partial charge is 0.464 e. The number of hydrogen-bond acceptors (Lipinski definition) is 4. The second kappa shape index (κ2) is 4.72. The number of esters is 1. The Bertz CT molecular complexity index is 398. The van der Waals surface area contributed by atoms with Crippen molar-refractivity contribution in [1.82, 2.24) is 4.98 Å². The van der Waals surface area contributed by atoms with E-state index in [4.69, 9.17) is 5.26 Å². The predicted octanol–water partition coefficient (Wildman–Crippen LogP) is 1.70. The molecule has 0 spiro atoms. The van der Waals surface area contributed by atoms with Gasteiger partial charge in [0.2, 0.25) is 0 Å². The second-order valence-corrected chi connectivity index (χ2v) is 3.40. The van der Waals surface area contributed by atoms with E-state index in [9.17, 15) is 4.79 Å². The molecule has 4 nitrogen and oxygen atoms in total. The van der Waals surface area contributed by atoms with Gasteiger partial charge < -0.3 is 4.74 Å². The third kappa shape index (κ3) is 2.30. The van der Waals surface area contributed by atoms with Gasteiger partial charge in [0, 0.05) is 16.2 Å². The number of aromatic nitrogens is 1. The highest BCUT2D eigenvalue weighted by molar-refractivity contribution is 9.10. The highest BCUT2D eigenvalue weighted by atomic mass is 79.9. The Morgan fingerprint density at radius 2 is 2.50 bits per heavy atom. The Hall–Kier alpha value is -1.41. The second-order valence-electron chi connectivity index (χ2n) is 2.49. The summed E-state index contributed by atoms with van der Waals surface area (Å²) in [5.41, 5.74) is 0.756. The SMILES string of the molecule is COC(=O)c1ncc(Br)cc1CC#N. The maximum atomic E-state index is 11.2. The fourth-order valence-electron chi connectivity index (χ4n) is 0.982. The lowest BCUT2D eigenvalue weighted by Crippen LogP contribution is -2.08. The molecule has 72 valence electrons. The number of carbonyl (C=O) groups excluding carboxylic acids is 1. The summed E-state index contributed by atoms with van der Waals surface area (Å²) in [4.78, 5) is 15.1. The van der Waals surface area contributed by atoms with Crippen LogP contribution in [0.3, 0.4) is 0 Å². The highest BCUT2D eigenvalue weighted by Gasteiger charge is 2.13. The number of hydrogen-bond donors (Lipinski definition) is 0. The van der Waals surface area contributed by atoms with Gasteiger partial charge in [-0.25, -0.2) is 9.78 Å². The summed E-state index contributed by atoms with van der Waals surface area (Å²) in [5.74, 6) is -0.525. The van der Waals surface area contributed by atoms with Crippen molar-refractivity contribution < 1.29 is 9.53 Å². The Kier molecular flexibility index (Phi) is 3.60. The number of nitriles is 1. The molecule has 0 N–H and O–H groups in total. The summed E-state index contributed by atoms with van der Waals surface area (Å²) < 4.78 is 5.27. The molecule has 1 aromatic heterocycles. The molecular weight excluding hydrogens is 248 g/mol. The van der Waals surface area contributed by atoms with Crippen molar-refractivity contribution in [2.75, 3.05) is 7.11 Å². The van der Waals surface area contributed by atoms with E-state index in [-0.39, 0.29) is 12.1 Å². The molecule has 1 aromatic rings. The molecule has 0 aliphatic carbocycles. The van der Waals surface area contributed by atoms with Crippen LogP contribution in [0.15, 0.2) is 16.7 Å². The van der Waals surface area contributed by atoms with Gasteiger partial charge in [-0.05, 0) is 22.0 Å². The first-order valence-corrected chi connectivity index (χ1v) is 4.58. The number of methoxy groups -OCH3 is 1. The summed E-state index contributed by atoms with van der Waals surface area (Å²) in [6, 6.07) is 3.64. The number of pyridine rings is 1. The maximum Gasteiger partial charge on any atom is 0.356 e. The van der Waals surface area contributed by atoms with Gasteiger partial charge in [-0.15, -0.1) is 0 Å². The number of carbonyl (C=O) groups is 1. The van der Waals surface area contributed by atoms with Crippen LogP contribution in [0.4, 0.5) is 0 Å². The van der Waals surface area contributed by atoms with Crippen LogP contribution in [-0.4, -0.2) is 18.1 Å². The Morgan fingerprint density at radius 3 is 3.07 bits per heavy atom. The summed E-state index contributed by atoms with van der Waals surface area (Å²) in [6.45, 7) is 0. The summed E-state index contributed by atoms with van der Waals surface area (Å²) >= 11 is 3.21. The van der Waals surface area contributed by atoms with Crippen LogP contribution in [0.2, 0.25) is 0 Å². The lowest BCUT2D eigenvalue weighted by Gasteiger charge is -2.03. The van der Waals surface area contributed by atoms with Crippen LogP contribution >= 0.6 is 15.9 Å². The van der Waals surface area contributed by atoms with Crippen molar-refractivity contribution in [3.63, 3.8) is 0 Å². The third-order valence-corrected chi connectivity index (χ3v) is 2.02. The lowest BCUT2D eigenvalue weighted by molar-refractivity contribution is 0.0593. The molecule has 0 atom stereocenters. The molecule has 0 aliphatic heterocycles. The molecule has 0 bridgehead atoms. The van der Waals surface area contributed by atoms with Gasteiger partial charge in [0.25, 0.3) is 0 Å². The van der Waals surface area contributed by atoms with E-state index < -0.39 is 5.97 Å². The van der Waals surface area contributed by atoms with E-state index in [1.165, 1.54) is 13.3 Å². The van der Waals surface area contributed by atoms with Crippen LogP contribution in [-0.2, 0) is 11.2 Å². The van der Waals surface area contributed by atoms with Crippen LogP contribution in [0.5, 0.6) is 0 Å². The number of ether oxygens (including phenoxy) is 1. The van der Waals surface area contributed by atoms with Crippen molar-refractivity contribution in [1.29, 1.82) is 5.26 Å². The zero-order chi connectivity index (χ0) is 10.6. The van der Waals surface area contributed by atoms with Gasteiger partial charge in [0.1, 0.15) is 0 Å². The monoisotopic (exact) mass is 254 g/mol. The Balaban J connectivity index is 3.15. The first-order chi connectivity index (χ1) is 6.69. The number of rotatable bonds is 2. The summed E-state index contributed by atoms with van der Waals surface area (Å²) in [7, 11) is 1.28. The molecule has 0 aromatic carbocycles. The van der Waals surface area contributed by atoms with E-state index in [1.807, 2.05) is 6.07 Å². The highest BCUT2D eigenvalue weighted by Crippen LogP contribution is 2.15. The Labute approximate surface area is 89.6 Å². The van der Waals surface area contributed by atoms with Gasteiger partial charge in [-0.1, -0.05) is 0 Å². The van der Waals surface area contributed by atoms with E-state index in [2.05, 4.69) is 25.7 Å². The van der Waals surface area contributed by atoms with Crippen LogP contribution in [0.25, 0.3) is 0 Å². The fourth-order valence-corrected chi connectivity index (χ4v) is 1.36. The summed E-state index contributed by atoms with van der Waals surface area (Å²) in [5, 5.41) is 8.54. The van der Waals surface area contributed by atoms with Gasteiger partial charge in [0.05, 0.1) is 19.6 Å². The molecule has 0 amide bonds. The summed E-state index contributed by atoms with van der Waals surface area (Å²) in [6.07, 6.45) is 1.63. The smallest absolute Gasteiger partial charge is 0.356 e. The zero-order valence-electron chi connectivity index (χ0n) is 7.45. The van der Waals surface area contributed by atoms with Gasteiger partial charge in [-0.2, -0.15) is 5.26 Å². The van der Waals surface area contributed by atoms with E-state index in [0.29, 0.717) is 5.56 Å². The van der Waals surface area contributed by atoms with Crippen LogP contribution < -0.4 is 0 Å². The molecule has 1 rings (SSSR count). The average Bonchev–Trinajstić information content (AvgIpc) is 2.17. The van der Waals surface area contributed by atoms with E-state index in [0.717, 1.165) is 4.47 Å². The molecule has 0 fully saturated rings. The van der Waals surface area contributed by atoms with Crippen LogP contribution in [0.1, 0.15) is 16.1 Å². The predicted molar refractivity (Wildman–Crippen MR) is 52.6 cm³/mol. The average molecular weight is 255 g/mol. The molecule has 0 unspecified atom stereocenters. The van der Waals surface area contributed by atoms with Gasteiger partial charge >= 0.3 is 5.97 Å². The maximum absolute atomic E-state index is 11.2. The van der Waals surface area contributed by atoms with Gasteiger partial charge in [-0.3, -0.25) is 0 Å². The minimum absolute atomic E-state index is 0.136. The standard InChI is InChI=1S/C9H7BrN2O2/c1-14-9(13)8-6(2-3-11)4-7(10)5-12-8/h4-5H,2H2,1H3. The molecule has 0 saturated carbocycles. The molecule has 0 saturated heterocycles.